The Morgan fingerprint density at radius 2 is 2.04 bits per heavy atom. The molecule has 0 radical (unpaired) electrons. The highest BCUT2D eigenvalue weighted by Crippen LogP contribution is 2.28. The molecule has 132 valence electrons. The minimum atomic E-state index is -0.0584. The summed E-state index contributed by atoms with van der Waals surface area (Å²) in [5, 5.41) is 3.03. The summed E-state index contributed by atoms with van der Waals surface area (Å²) in [4.78, 5) is 14.6. The van der Waals surface area contributed by atoms with E-state index in [9.17, 15) is 4.79 Å². The van der Waals surface area contributed by atoms with E-state index in [2.05, 4.69) is 37.4 Å². The molecule has 0 aromatic heterocycles. The second-order valence-electron chi connectivity index (χ2n) is 6.92. The molecule has 3 rings (SSSR count). The van der Waals surface area contributed by atoms with Gasteiger partial charge >= 0.3 is 6.03 Å². The molecule has 1 aliphatic heterocycles. The zero-order valence-electron chi connectivity index (χ0n) is 15.4. The van der Waals surface area contributed by atoms with Crippen LogP contribution in [0.5, 0.6) is 5.75 Å². The van der Waals surface area contributed by atoms with Crippen molar-refractivity contribution in [1.82, 2.24) is 4.90 Å². The molecule has 25 heavy (non-hydrogen) atoms. The topological polar surface area (TPSA) is 41.6 Å². The van der Waals surface area contributed by atoms with Gasteiger partial charge in [0, 0.05) is 24.8 Å². The van der Waals surface area contributed by atoms with Crippen molar-refractivity contribution in [2.45, 2.75) is 39.7 Å². The van der Waals surface area contributed by atoms with Crippen molar-refractivity contribution in [3.8, 4) is 5.75 Å². The van der Waals surface area contributed by atoms with Gasteiger partial charge in [0.15, 0.2) is 0 Å². The number of rotatable bonds is 3. The number of nitrogens with zero attached hydrogens (tertiary/aromatic N) is 1. The van der Waals surface area contributed by atoms with Crippen molar-refractivity contribution in [3.63, 3.8) is 0 Å². The second kappa shape index (κ2) is 7.18. The van der Waals surface area contributed by atoms with E-state index in [0.717, 1.165) is 30.0 Å². The lowest BCUT2D eigenvalue weighted by atomic mass is 9.89. The first kappa shape index (κ1) is 17.3. The summed E-state index contributed by atoms with van der Waals surface area (Å²) in [5.41, 5.74) is 5.90. The Kier molecular flexibility index (Phi) is 4.98. The molecule has 4 heteroatoms. The van der Waals surface area contributed by atoms with Crippen LogP contribution in [0.3, 0.4) is 0 Å². The van der Waals surface area contributed by atoms with E-state index < -0.39 is 0 Å². The fourth-order valence-corrected chi connectivity index (χ4v) is 3.41. The predicted octanol–water partition coefficient (Wildman–Crippen LogP) is 4.72. The van der Waals surface area contributed by atoms with E-state index in [4.69, 9.17) is 4.74 Å². The lowest BCUT2D eigenvalue weighted by Crippen LogP contribution is -2.39. The van der Waals surface area contributed by atoms with Crippen LogP contribution in [0.15, 0.2) is 36.4 Å². The zero-order valence-corrected chi connectivity index (χ0v) is 15.4. The summed E-state index contributed by atoms with van der Waals surface area (Å²) < 4.78 is 5.25. The number of hydrogen-bond acceptors (Lipinski definition) is 2. The molecule has 0 bridgehead atoms. The van der Waals surface area contributed by atoms with Gasteiger partial charge in [-0.3, -0.25) is 0 Å². The van der Waals surface area contributed by atoms with Gasteiger partial charge < -0.3 is 15.0 Å². The highest BCUT2D eigenvalue weighted by molar-refractivity contribution is 5.90. The Bertz CT molecular complexity index is 783. The van der Waals surface area contributed by atoms with Crippen LogP contribution in [0.4, 0.5) is 10.5 Å². The fraction of sp³-hybridized carbons (Fsp3) is 0.381. The number of carbonyl (C=O) groups is 1. The van der Waals surface area contributed by atoms with E-state index in [0.29, 0.717) is 12.5 Å². The number of urea groups is 1. The average molecular weight is 338 g/mol. The first-order valence-corrected chi connectivity index (χ1v) is 8.81. The SMILES string of the molecule is COc1ccc(C)c(NC(=O)N2CCc3c(cccc3C(C)C)C2)c1. The van der Waals surface area contributed by atoms with Gasteiger partial charge in [-0.25, -0.2) is 4.79 Å². The predicted molar refractivity (Wildman–Crippen MR) is 101 cm³/mol. The smallest absolute Gasteiger partial charge is 0.322 e. The van der Waals surface area contributed by atoms with E-state index in [1.165, 1.54) is 16.7 Å². The third kappa shape index (κ3) is 3.63. The van der Waals surface area contributed by atoms with Crippen LogP contribution in [-0.2, 0) is 13.0 Å². The fourth-order valence-electron chi connectivity index (χ4n) is 3.41. The van der Waals surface area contributed by atoms with Crippen LogP contribution < -0.4 is 10.1 Å². The molecule has 0 atom stereocenters. The number of benzene rings is 2. The summed E-state index contributed by atoms with van der Waals surface area (Å²) in [7, 11) is 1.63. The molecule has 0 unspecified atom stereocenters. The number of aryl methyl sites for hydroxylation is 1. The molecule has 2 aromatic rings. The number of fused-ring (bicyclic) bond motifs is 1. The molecule has 0 saturated heterocycles. The van der Waals surface area contributed by atoms with E-state index in [1.54, 1.807) is 7.11 Å². The van der Waals surface area contributed by atoms with Gasteiger partial charge in [-0.05, 0) is 47.6 Å². The maximum absolute atomic E-state index is 12.7. The number of carbonyl (C=O) groups excluding carboxylic acids is 1. The summed E-state index contributed by atoms with van der Waals surface area (Å²) in [6, 6.07) is 12.1. The lowest BCUT2D eigenvalue weighted by molar-refractivity contribution is 0.206. The van der Waals surface area contributed by atoms with Crippen molar-refractivity contribution in [3.05, 3.63) is 58.7 Å². The van der Waals surface area contributed by atoms with Crippen LogP contribution in [-0.4, -0.2) is 24.6 Å². The van der Waals surface area contributed by atoms with Crippen molar-refractivity contribution in [2.75, 3.05) is 19.0 Å². The van der Waals surface area contributed by atoms with Crippen LogP contribution in [0.1, 0.15) is 42.0 Å². The van der Waals surface area contributed by atoms with Gasteiger partial charge in [0.1, 0.15) is 5.75 Å². The average Bonchev–Trinajstić information content (AvgIpc) is 2.62. The molecule has 1 heterocycles. The third-order valence-electron chi connectivity index (χ3n) is 4.90. The standard InChI is InChI=1S/C21H26N2O2/c1-14(2)18-7-5-6-16-13-23(11-10-19(16)18)21(24)22-20-12-17(25-4)9-8-15(20)3/h5-9,12,14H,10-11,13H2,1-4H3,(H,22,24). The Hall–Kier alpha value is -2.49. The number of hydrogen-bond donors (Lipinski definition) is 1. The molecule has 2 amide bonds. The number of amides is 2. The Morgan fingerprint density at radius 1 is 1.24 bits per heavy atom. The monoisotopic (exact) mass is 338 g/mol. The highest BCUT2D eigenvalue weighted by Gasteiger charge is 2.23. The first-order valence-electron chi connectivity index (χ1n) is 8.81. The van der Waals surface area contributed by atoms with Crippen molar-refractivity contribution < 1.29 is 9.53 Å². The van der Waals surface area contributed by atoms with Crippen molar-refractivity contribution in [2.24, 2.45) is 0 Å². The Labute approximate surface area is 149 Å². The minimum Gasteiger partial charge on any atom is -0.497 e. The molecular formula is C21H26N2O2. The highest BCUT2D eigenvalue weighted by atomic mass is 16.5. The lowest BCUT2D eigenvalue weighted by Gasteiger charge is -2.31. The van der Waals surface area contributed by atoms with E-state index in [1.807, 2.05) is 30.0 Å². The second-order valence-corrected chi connectivity index (χ2v) is 6.92. The third-order valence-corrected chi connectivity index (χ3v) is 4.90. The summed E-state index contributed by atoms with van der Waals surface area (Å²) >= 11 is 0. The Balaban J connectivity index is 1.76. The van der Waals surface area contributed by atoms with Gasteiger partial charge in [0.2, 0.25) is 0 Å². The summed E-state index contributed by atoms with van der Waals surface area (Å²) in [6.45, 7) is 7.83. The molecule has 2 aromatic carbocycles. The van der Waals surface area contributed by atoms with Crippen molar-refractivity contribution >= 4 is 11.7 Å². The maximum Gasteiger partial charge on any atom is 0.322 e. The summed E-state index contributed by atoms with van der Waals surface area (Å²) in [5.74, 6) is 1.25. The molecule has 0 aliphatic carbocycles. The quantitative estimate of drug-likeness (QED) is 0.880. The van der Waals surface area contributed by atoms with Gasteiger partial charge in [-0.2, -0.15) is 0 Å². The molecule has 0 fully saturated rings. The molecule has 0 saturated carbocycles. The van der Waals surface area contributed by atoms with E-state index in [-0.39, 0.29) is 6.03 Å². The van der Waals surface area contributed by atoms with Gasteiger partial charge in [0.05, 0.1) is 7.11 Å². The number of anilines is 1. The molecular weight excluding hydrogens is 312 g/mol. The van der Waals surface area contributed by atoms with Crippen molar-refractivity contribution in [1.29, 1.82) is 0 Å². The molecule has 1 N–H and O–H groups in total. The number of ether oxygens (including phenoxy) is 1. The van der Waals surface area contributed by atoms with Gasteiger partial charge in [-0.1, -0.05) is 38.1 Å². The van der Waals surface area contributed by atoms with Crippen LogP contribution in [0.25, 0.3) is 0 Å². The Morgan fingerprint density at radius 3 is 2.76 bits per heavy atom. The van der Waals surface area contributed by atoms with Crippen LogP contribution in [0.2, 0.25) is 0 Å². The van der Waals surface area contributed by atoms with Crippen LogP contribution >= 0.6 is 0 Å². The maximum atomic E-state index is 12.7. The summed E-state index contributed by atoms with van der Waals surface area (Å²) in [6.07, 6.45) is 0.911. The van der Waals surface area contributed by atoms with Gasteiger partial charge in [0.25, 0.3) is 0 Å². The number of nitrogens with one attached hydrogen (secondary N) is 1. The molecule has 0 spiro atoms. The zero-order chi connectivity index (χ0) is 18.0. The molecule has 1 aliphatic rings. The van der Waals surface area contributed by atoms with Gasteiger partial charge in [-0.15, -0.1) is 0 Å². The van der Waals surface area contributed by atoms with E-state index >= 15 is 0 Å². The molecule has 4 nitrogen and oxygen atoms in total. The van der Waals surface area contributed by atoms with Crippen LogP contribution in [0, 0.1) is 6.92 Å². The first-order chi connectivity index (χ1) is 12.0. The number of methoxy groups -OCH3 is 1. The minimum absolute atomic E-state index is 0.0584. The normalized spacial score (nSPS) is 13.6. The largest absolute Gasteiger partial charge is 0.497 e.